The van der Waals surface area contributed by atoms with Gasteiger partial charge in [0.25, 0.3) is 5.56 Å². The average Bonchev–Trinajstić information content (AvgIpc) is 3.09. The van der Waals surface area contributed by atoms with Crippen molar-refractivity contribution >= 4 is 18.2 Å². The predicted molar refractivity (Wildman–Crippen MR) is 115 cm³/mol. The Kier molecular flexibility index (Phi) is 10.8. The van der Waals surface area contributed by atoms with E-state index < -0.39 is 42.6 Å². The average molecular weight is 504 g/mol. The number of aliphatic hydroxyl groups excluding tert-OH is 2. The lowest BCUT2D eigenvalue weighted by Crippen LogP contribution is -2.40. The molecule has 3 N–H and O–H groups in total. The van der Waals surface area contributed by atoms with Crippen LogP contribution in [0.2, 0.25) is 0 Å². The Labute approximate surface area is 193 Å². The van der Waals surface area contributed by atoms with Crippen LogP contribution in [0.25, 0.3) is 0 Å². The third-order valence-electron chi connectivity index (χ3n) is 4.46. The number of ether oxygens (including phenoxy) is 2. The fourth-order valence-corrected chi connectivity index (χ4v) is 6.25. The number of nitrogens with one attached hydrogen (secondary N) is 1. The molecule has 1 aliphatic heterocycles. The molecule has 2 rings (SSSR count). The van der Waals surface area contributed by atoms with Crippen LogP contribution in [0.4, 0.5) is 0 Å². The van der Waals surface area contributed by atoms with Gasteiger partial charge in [0.05, 0.1) is 57.5 Å². The van der Waals surface area contributed by atoms with Gasteiger partial charge in [-0.2, -0.15) is 10.5 Å². The van der Waals surface area contributed by atoms with E-state index in [0.717, 1.165) is 4.57 Å². The van der Waals surface area contributed by atoms with Crippen LogP contribution in [0, 0.1) is 29.6 Å². The van der Waals surface area contributed by atoms with Gasteiger partial charge in [0.1, 0.15) is 12.2 Å². The normalized spacial score (nSPS) is 22.7. The first kappa shape index (κ1) is 27.2. The van der Waals surface area contributed by atoms with Crippen molar-refractivity contribution in [1.29, 1.82) is 10.5 Å². The van der Waals surface area contributed by atoms with E-state index in [1.165, 1.54) is 13.1 Å². The van der Waals surface area contributed by atoms with Crippen LogP contribution in [-0.2, 0) is 23.1 Å². The number of hydrogen-bond donors (Lipinski definition) is 3. The highest BCUT2D eigenvalue weighted by atomic mass is 32.7. The van der Waals surface area contributed by atoms with Gasteiger partial charge in [-0.1, -0.05) is 0 Å². The molecule has 0 aromatic carbocycles. The molecule has 15 heteroatoms. The van der Waals surface area contributed by atoms with E-state index in [9.17, 15) is 19.3 Å². The molecule has 1 saturated heterocycles. The maximum Gasteiger partial charge on any atom is 0.389 e. The van der Waals surface area contributed by atoms with Gasteiger partial charge in [0.2, 0.25) is 0 Å². The Hall–Kier alpha value is -2.00. The highest BCUT2D eigenvalue weighted by Crippen LogP contribution is 2.61. The summed E-state index contributed by atoms with van der Waals surface area (Å²) in [6.07, 6.45) is -3.28. The van der Waals surface area contributed by atoms with E-state index in [0.29, 0.717) is 11.4 Å². The minimum atomic E-state index is -3.79. The zero-order chi connectivity index (χ0) is 24.4. The minimum absolute atomic E-state index is 0.0255. The molecule has 0 unspecified atom stereocenters. The summed E-state index contributed by atoms with van der Waals surface area (Å²) in [6, 6.07) is 3.70. The van der Waals surface area contributed by atoms with Crippen LogP contribution in [-0.4, -0.2) is 70.3 Å². The number of hydrogen-bond acceptors (Lipinski definition) is 12. The summed E-state index contributed by atoms with van der Waals surface area (Å²) in [5, 5.41) is 37.2. The van der Waals surface area contributed by atoms with Crippen molar-refractivity contribution in [2.45, 2.75) is 44.3 Å². The molecule has 0 amide bonds. The lowest BCUT2D eigenvalue weighted by atomic mass is 10.1. The van der Waals surface area contributed by atoms with Crippen molar-refractivity contribution in [3.63, 3.8) is 0 Å². The molecule has 0 aliphatic carbocycles. The van der Waals surface area contributed by atoms with Crippen LogP contribution in [0.15, 0.2) is 15.8 Å². The molecule has 33 heavy (non-hydrogen) atoms. The smallest absolute Gasteiger partial charge is 0.389 e. The van der Waals surface area contributed by atoms with E-state index in [-0.39, 0.29) is 50.6 Å². The van der Waals surface area contributed by atoms with Gasteiger partial charge in [-0.15, -0.1) is 0 Å². The number of nitrogens with zero attached hydrogens (tertiary/aromatic N) is 3. The molecule has 13 nitrogen and oxygen atoms in total. The summed E-state index contributed by atoms with van der Waals surface area (Å²) in [4.78, 5) is 26.2. The fourth-order valence-electron chi connectivity index (χ4n) is 2.91. The number of nitriles is 2. The van der Waals surface area contributed by atoms with Crippen molar-refractivity contribution in [2.24, 2.45) is 0 Å². The van der Waals surface area contributed by atoms with Gasteiger partial charge < -0.3 is 19.7 Å². The summed E-state index contributed by atoms with van der Waals surface area (Å²) in [5.74, 6) is -0.107. The van der Waals surface area contributed by atoms with Crippen LogP contribution >= 0.6 is 18.2 Å². The molecule has 2 heterocycles. The van der Waals surface area contributed by atoms with Gasteiger partial charge >= 0.3 is 12.5 Å². The third kappa shape index (κ3) is 7.50. The largest absolute Gasteiger partial charge is 0.394 e. The van der Waals surface area contributed by atoms with Crippen LogP contribution in [0.1, 0.15) is 24.6 Å². The van der Waals surface area contributed by atoms with E-state index >= 15 is 0 Å². The number of aryl methyl sites for hydroxylation is 1. The quantitative estimate of drug-likeness (QED) is 0.244. The number of aromatic amines is 1. The van der Waals surface area contributed by atoms with Crippen molar-refractivity contribution < 1.29 is 33.3 Å². The molecule has 0 radical (unpaired) electrons. The van der Waals surface area contributed by atoms with Gasteiger partial charge in [0, 0.05) is 17.5 Å². The van der Waals surface area contributed by atoms with E-state index in [4.69, 9.17) is 34.2 Å². The monoisotopic (exact) mass is 504 g/mol. The topological polar surface area (TPSA) is 197 Å². The molecular weight excluding hydrogens is 479 g/mol. The second-order valence-corrected chi connectivity index (χ2v) is 10.9. The molecule has 1 aromatic heterocycles. The summed E-state index contributed by atoms with van der Waals surface area (Å²) in [5.41, 5.74) is -1.12. The van der Waals surface area contributed by atoms with E-state index in [2.05, 4.69) is 4.98 Å². The number of rotatable bonds is 13. The van der Waals surface area contributed by atoms with Crippen LogP contribution in [0.5, 0.6) is 0 Å². The molecule has 0 bridgehead atoms. The molecule has 182 valence electrons. The molecule has 0 saturated carbocycles. The van der Waals surface area contributed by atoms with Crippen molar-refractivity contribution in [2.75, 3.05) is 32.2 Å². The van der Waals surface area contributed by atoms with Gasteiger partial charge in [-0.25, -0.2) is 9.36 Å². The SMILES string of the molecule is Cc1cn([C@@H]2O[C@H](CSP(=O)(OCCC#N)OCCC#N)[C@@H](O)[C@H]2OCCO)c(=O)[nH]c1=O. The highest BCUT2D eigenvalue weighted by molar-refractivity contribution is 8.55. The summed E-state index contributed by atoms with van der Waals surface area (Å²) in [7, 11) is 0. The Bertz CT molecular complexity index is 1010. The maximum atomic E-state index is 13.0. The second kappa shape index (κ2) is 13.0. The van der Waals surface area contributed by atoms with Gasteiger partial charge in [0.15, 0.2) is 6.23 Å². The Morgan fingerprint density at radius 1 is 1.24 bits per heavy atom. The Balaban J connectivity index is 2.20. The molecule has 1 fully saturated rings. The maximum absolute atomic E-state index is 13.0. The van der Waals surface area contributed by atoms with E-state index in [1.54, 1.807) is 0 Å². The molecule has 1 aromatic rings. The zero-order valence-electron chi connectivity index (χ0n) is 17.8. The Morgan fingerprint density at radius 3 is 2.45 bits per heavy atom. The summed E-state index contributed by atoms with van der Waals surface area (Å²) < 4.78 is 35.8. The summed E-state index contributed by atoms with van der Waals surface area (Å²) >= 11 is 0.716. The second-order valence-electron chi connectivity index (χ2n) is 6.82. The number of aromatic nitrogens is 2. The fraction of sp³-hybridized carbons (Fsp3) is 0.667. The lowest BCUT2D eigenvalue weighted by Gasteiger charge is -2.22. The first-order valence-corrected chi connectivity index (χ1v) is 13.0. The molecular formula is C18H25N4O9PS. The summed E-state index contributed by atoms with van der Waals surface area (Å²) in [6.45, 7) is -3.10. The minimum Gasteiger partial charge on any atom is -0.394 e. The van der Waals surface area contributed by atoms with E-state index in [1.807, 2.05) is 12.1 Å². The number of H-pyrrole nitrogens is 1. The molecule has 0 spiro atoms. The lowest BCUT2D eigenvalue weighted by molar-refractivity contribution is -0.0761. The third-order valence-corrected chi connectivity index (χ3v) is 8.28. The predicted octanol–water partition coefficient (Wildman–Crippen LogP) is 0.183. The van der Waals surface area contributed by atoms with Gasteiger partial charge in [-0.05, 0) is 18.3 Å². The van der Waals surface area contributed by atoms with Gasteiger partial charge in [-0.3, -0.25) is 23.4 Å². The Morgan fingerprint density at radius 2 is 1.88 bits per heavy atom. The van der Waals surface area contributed by atoms with Crippen molar-refractivity contribution in [3.05, 3.63) is 32.6 Å². The van der Waals surface area contributed by atoms with Crippen LogP contribution < -0.4 is 11.2 Å². The highest BCUT2D eigenvalue weighted by Gasteiger charge is 2.47. The first-order valence-electron chi connectivity index (χ1n) is 9.92. The zero-order valence-corrected chi connectivity index (χ0v) is 19.5. The first-order chi connectivity index (χ1) is 15.8. The van der Waals surface area contributed by atoms with Crippen molar-refractivity contribution in [3.8, 4) is 12.1 Å². The number of aliphatic hydroxyl groups is 2. The molecule has 1 aliphatic rings. The standard InChI is InChI=1S/C18H25N4O9PS/c1-12-10-22(18(26)21-16(12)25)17-15(28-9-6-23)14(24)13(31-17)11-33-32(27,29-7-2-4-19)30-8-3-5-20/h10,13-15,17,23-24H,2-3,6-9,11H2,1H3,(H,21,25,26)/t13-,14-,15-,17-/m1/s1. The molecule has 4 atom stereocenters. The van der Waals surface area contributed by atoms with Crippen LogP contribution in [0.3, 0.4) is 0 Å². The van der Waals surface area contributed by atoms with Crippen molar-refractivity contribution in [1.82, 2.24) is 9.55 Å².